The number of methoxy groups -OCH3 is 1. The SMILES string of the molecule is COC(=O)c1cc(Br)ccc1OCc1ncnn1C. The fourth-order valence-electron chi connectivity index (χ4n) is 1.49. The molecule has 1 aromatic heterocycles. The Morgan fingerprint density at radius 1 is 1.47 bits per heavy atom. The van der Waals surface area contributed by atoms with Gasteiger partial charge in [0, 0.05) is 11.5 Å². The number of rotatable bonds is 4. The summed E-state index contributed by atoms with van der Waals surface area (Å²) >= 11 is 3.31. The van der Waals surface area contributed by atoms with Gasteiger partial charge in [0.25, 0.3) is 0 Å². The molecule has 6 nitrogen and oxygen atoms in total. The second-order valence-corrected chi connectivity index (χ2v) is 4.64. The molecular formula is C12H12BrN3O3. The maximum absolute atomic E-state index is 11.7. The first kappa shape index (κ1) is 13.5. The minimum Gasteiger partial charge on any atom is -0.485 e. The van der Waals surface area contributed by atoms with Crippen molar-refractivity contribution in [2.24, 2.45) is 7.05 Å². The van der Waals surface area contributed by atoms with Crippen molar-refractivity contribution in [3.8, 4) is 5.75 Å². The summed E-state index contributed by atoms with van der Waals surface area (Å²) in [5.41, 5.74) is 0.360. The molecule has 19 heavy (non-hydrogen) atoms. The van der Waals surface area contributed by atoms with Crippen LogP contribution in [0.1, 0.15) is 16.2 Å². The molecular weight excluding hydrogens is 314 g/mol. The highest BCUT2D eigenvalue weighted by Gasteiger charge is 2.14. The van der Waals surface area contributed by atoms with Crippen LogP contribution in [-0.2, 0) is 18.4 Å². The third-order valence-corrected chi connectivity index (χ3v) is 3.00. The summed E-state index contributed by atoms with van der Waals surface area (Å²) in [6.07, 6.45) is 1.45. The smallest absolute Gasteiger partial charge is 0.341 e. The van der Waals surface area contributed by atoms with Gasteiger partial charge in [0.2, 0.25) is 0 Å². The maximum atomic E-state index is 11.7. The summed E-state index contributed by atoms with van der Waals surface area (Å²) in [5.74, 6) is 0.658. The second-order valence-electron chi connectivity index (χ2n) is 3.72. The molecule has 1 heterocycles. The van der Waals surface area contributed by atoms with Crippen LogP contribution in [0.4, 0.5) is 0 Å². The minimum atomic E-state index is -0.450. The molecule has 0 bridgehead atoms. The molecule has 0 saturated carbocycles. The second kappa shape index (κ2) is 5.83. The highest BCUT2D eigenvalue weighted by molar-refractivity contribution is 9.10. The number of benzene rings is 1. The Bertz CT molecular complexity index is 598. The molecule has 0 aliphatic rings. The van der Waals surface area contributed by atoms with Crippen molar-refractivity contribution in [1.82, 2.24) is 14.8 Å². The van der Waals surface area contributed by atoms with E-state index in [1.807, 2.05) is 0 Å². The Balaban J connectivity index is 2.20. The molecule has 0 fully saturated rings. The Labute approximate surface area is 118 Å². The highest BCUT2D eigenvalue weighted by Crippen LogP contribution is 2.24. The molecule has 100 valence electrons. The largest absolute Gasteiger partial charge is 0.485 e. The number of nitrogens with zero attached hydrogens (tertiary/aromatic N) is 3. The van der Waals surface area contributed by atoms with E-state index in [0.29, 0.717) is 17.1 Å². The van der Waals surface area contributed by atoms with Gasteiger partial charge in [-0.25, -0.2) is 9.78 Å². The number of halogens is 1. The van der Waals surface area contributed by atoms with Gasteiger partial charge in [-0.2, -0.15) is 5.10 Å². The lowest BCUT2D eigenvalue weighted by molar-refractivity contribution is 0.0595. The van der Waals surface area contributed by atoms with E-state index in [1.165, 1.54) is 13.4 Å². The van der Waals surface area contributed by atoms with Gasteiger partial charge in [0.1, 0.15) is 24.2 Å². The van der Waals surface area contributed by atoms with Gasteiger partial charge in [0.15, 0.2) is 5.82 Å². The van der Waals surface area contributed by atoms with Crippen LogP contribution in [0.15, 0.2) is 29.0 Å². The lowest BCUT2D eigenvalue weighted by atomic mass is 10.2. The predicted molar refractivity (Wildman–Crippen MR) is 70.8 cm³/mol. The number of hydrogen-bond donors (Lipinski definition) is 0. The Morgan fingerprint density at radius 3 is 2.89 bits per heavy atom. The van der Waals surface area contributed by atoms with Crippen molar-refractivity contribution in [3.05, 3.63) is 40.4 Å². The molecule has 0 unspecified atom stereocenters. The van der Waals surface area contributed by atoms with Crippen molar-refractivity contribution in [3.63, 3.8) is 0 Å². The predicted octanol–water partition coefficient (Wildman–Crippen LogP) is 1.94. The summed E-state index contributed by atoms with van der Waals surface area (Å²) in [5, 5.41) is 3.94. The van der Waals surface area contributed by atoms with E-state index in [0.717, 1.165) is 4.47 Å². The van der Waals surface area contributed by atoms with E-state index in [9.17, 15) is 4.79 Å². The Kier molecular flexibility index (Phi) is 4.16. The summed E-state index contributed by atoms with van der Waals surface area (Å²) in [6.45, 7) is 0.224. The minimum absolute atomic E-state index is 0.224. The van der Waals surface area contributed by atoms with Crippen LogP contribution < -0.4 is 4.74 Å². The molecule has 0 N–H and O–H groups in total. The van der Waals surface area contributed by atoms with Crippen molar-refractivity contribution in [2.75, 3.05) is 7.11 Å². The monoisotopic (exact) mass is 325 g/mol. The van der Waals surface area contributed by atoms with E-state index in [2.05, 4.69) is 26.0 Å². The zero-order valence-corrected chi connectivity index (χ0v) is 12.0. The topological polar surface area (TPSA) is 66.2 Å². The molecule has 2 rings (SSSR count). The molecule has 1 aromatic carbocycles. The van der Waals surface area contributed by atoms with Gasteiger partial charge >= 0.3 is 5.97 Å². The number of ether oxygens (including phenoxy) is 2. The lowest BCUT2D eigenvalue weighted by Gasteiger charge is -2.10. The molecule has 2 aromatic rings. The van der Waals surface area contributed by atoms with Gasteiger partial charge < -0.3 is 9.47 Å². The number of esters is 1. The third kappa shape index (κ3) is 3.11. The van der Waals surface area contributed by atoms with Crippen LogP contribution in [0.2, 0.25) is 0 Å². The number of carbonyl (C=O) groups excluding carboxylic acids is 1. The highest BCUT2D eigenvalue weighted by atomic mass is 79.9. The van der Waals surface area contributed by atoms with Crippen molar-refractivity contribution in [2.45, 2.75) is 6.61 Å². The zero-order chi connectivity index (χ0) is 13.8. The zero-order valence-electron chi connectivity index (χ0n) is 10.5. The molecule has 0 radical (unpaired) electrons. The summed E-state index contributed by atoms with van der Waals surface area (Å²) < 4.78 is 12.7. The van der Waals surface area contributed by atoms with Gasteiger partial charge in [0.05, 0.1) is 7.11 Å². The standard InChI is InChI=1S/C12H12BrN3O3/c1-16-11(14-7-15-16)6-19-10-4-3-8(13)5-9(10)12(17)18-2/h3-5,7H,6H2,1-2H3. The number of hydrogen-bond acceptors (Lipinski definition) is 5. The normalized spacial score (nSPS) is 10.3. The van der Waals surface area contributed by atoms with Crippen LogP contribution in [0.25, 0.3) is 0 Å². The first-order chi connectivity index (χ1) is 9.11. The summed E-state index contributed by atoms with van der Waals surface area (Å²) in [6, 6.07) is 5.14. The van der Waals surface area contributed by atoms with E-state index < -0.39 is 5.97 Å². The van der Waals surface area contributed by atoms with E-state index in [4.69, 9.17) is 9.47 Å². The molecule has 7 heteroatoms. The van der Waals surface area contributed by atoms with Crippen LogP contribution in [0, 0.1) is 0 Å². The van der Waals surface area contributed by atoms with Gasteiger partial charge in [-0.3, -0.25) is 4.68 Å². The molecule has 0 aliphatic carbocycles. The molecule has 0 spiro atoms. The fourth-order valence-corrected chi connectivity index (χ4v) is 1.85. The molecule has 0 atom stereocenters. The van der Waals surface area contributed by atoms with E-state index in [-0.39, 0.29) is 6.61 Å². The number of aryl methyl sites for hydroxylation is 1. The van der Waals surface area contributed by atoms with Gasteiger partial charge in [-0.1, -0.05) is 15.9 Å². The van der Waals surface area contributed by atoms with Gasteiger partial charge in [-0.15, -0.1) is 0 Å². The maximum Gasteiger partial charge on any atom is 0.341 e. The van der Waals surface area contributed by atoms with Crippen LogP contribution >= 0.6 is 15.9 Å². The first-order valence-corrected chi connectivity index (χ1v) is 6.24. The van der Waals surface area contributed by atoms with Crippen LogP contribution in [-0.4, -0.2) is 27.8 Å². The Morgan fingerprint density at radius 2 is 2.26 bits per heavy atom. The van der Waals surface area contributed by atoms with Crippen LogP contribution in [0.3, 0.4) is 0 Å². The van der Waals surface area contributed by atoms with Gasteiger partial charge in [-0.05, 0) is 18.2 Å². The van der Waals surface area contributed by atoms with Crippen molar-refractivity contribution < 1.29 is 14.3 Å². The van der Waals surface area contributed by atoms with Crippen molar-refractivity contribution >= 4 is 21.9 Å². The first-order valence-electron chi connectivity index (χ1n) is 5.45. The fraction of sp³-hybridized carbons (Fsp3) is 0.250. The lowest BCUT2D eigenvalue weighted by Crippen LogP contribution is -2.08. The third-order valence-electron chi connectivity index (χ3n) is 2.51. The van der Waals surface area contributed by atoms with Crippen LogP contribution in [0.5, 0.6) is 5.75 Å². The molecule has 0 amide bonds. The Hall–Kier alpha value is -1.89. The quantitative estimate of drug-likeness (QED) is 0.804. The number of carbonyl (C=O) groups is 1. The average molecular weight is 326 g/mol. The van der Waals surface area contributed by atoms with E-state index in [1.54, 1.807) is 29.9 Å². The number of aromatic nitrogens is 3. The summed E-state index contributed by atoms with van der Waals surface area (Å²) in [4.78, 5) is 15.7. The summed E-state index contributed by atoms with van der Waals surface area (Å²) in [7, 11) is 3.10. The van der Waals surface area contributed by atoms with E-state index >= 15 is 0 Å². The average Bonchev–Trinajstić information content (AvgIpc) is 2.82. The molecule has 0 saturated heterocycles. The van der Waals surface area contributed by atoms with Crippen molar-refractivity contribution in [1.29, 1.82) is 0 Å². The molecule has 0 aliphatic heterocycles.